The number of benzene rings is 1. The molecule has 1 aliphatic carbocycles. The number of methoxy groups -OCH3 is 1. The van der Waals surface area contributed by atoms with Gasteiger partial charge < -0.3 is 25.8 Å². The minimum Gasteiger partial charge on any atom is -0.497 e. The molecule has 1 atom stereocenters. The summed E-state index contributed by atoms with van der Waals surface area (Å²) in [5.41, 5.74) is 9.67. The zero-order valence-corrected chi connectivity index (χ0v) is 19.4. The van der Waals surface area contributed by atoms with Crippen molar-refractivity contribution in [3.63, 3.8) is 0 Å². The van der Waals surface area contributed by atoms with Crippen molar-refractivity contribution in [1.82, 2.24) is 15.3 Å². The number of ether oxygens (including phenoxy) is 2. The Morgan fingerprint density at radius 1 is 1.21 bits per heavy atom. The number of anilines is 1. The predicted octanol–water partition coefficient (Wildman–Crippen LogP) is 3.71. The van der Waals surface area contributed by atoms with Gasteiger partial charge in [0.25, 0.3) is 5.91 Å². The molecule has 2 aromatic heterocycles. The van der Waals surface area contributed by atoms with Crippen LogP contribution in [0, 0.1) is 5.92 Å². The van der Waals surface area contributed by atoms with Crippen molar-refractivity contribution >= 4 is 22.6 Å². The lowest BCUT2D eigenvalue weighted by Crippen LogP contribution is -2.34. The number of hydrogen-bond acceptors (Lipinski definition) is 7. The quantitative estimate of drug-likeness (QED) is 0.492. The van der Waals surface area contributed by atoms with E-state index < -0.39 is 0 Å². The van der Waals surface area contributed by atoms with Gasteiger partial charge in [-0.3, -0.25) is 9.78 Å². The summed E-state index contributed by atoms with van der Waals surface area (Å²) >= 11 is 0. The van der Waals surface area contributed by atoms with Crippen LogP contribution in [0.3, 0.4) is 0 Å². The standard InChI is InChI=1S/C26H31N5O3/c1-33-19-7-8-23-21(13-19)20(10-11-28-23)22(27)12-16-2-4-17(5-3-16)29-14-18-6-9-24-26(30-18)31-25(32)15-34-24/h6-11,13,16-17,22,29H,2-5,12,14-15,27H2,1H3,(H,30,31,32)/t16-,17-,22?. The van der Waals surface area contributed by atoms with E-state index >= 15 is 0 Å². The SMILES string of the molecule is COc1ccc2nccc(C(N)C[C@H]3CC[C@H](NCc4ccc5c(n4)NC(=O)CO5)CC3)c2c1. The van der Waals surface area contributed by atoms with Crippen LogP contribution in [0.5, 0.6) is 11.5 Å². The first-order valence-electron chi connectivity index (χ1n) is 11.9. The summed E-state index contributed by atoms with van der Waals surface area (Å²) in [7, 11) is 1.68. The second kappa shape index (κ2) is 9.95. The number of carbonyl (C=O) groups excluding carboxylic acids is 1. The summed E-state index contributed by atoms with van der Waals surface area (Å²) < 4.78 is 10.8. The fraction of sp³-hybridized carbons (Fsp3) is 0.423. The number of aromatic nitrogens is 2. The fourth-order valence-corrected chi connectivity index (χ4v) is 5.04. The molecule has 1 aromatic carbocycles. The Bertz CT molecular complexity index is 1180. The maximum atomic E-state index is 11.5. The maximum absolute atomic E-state index is 11.5. The summed E-state index contributed by atoms with van der Waals surface area (Å²) in [5, 5.41) is 7.47. The molecule has 1 unspecified atom stereocenters. The first-order valence-corrected chi connectivity index (χ1v) is 11.9. The summed E-state index contributed by atoms with van der Waals surface area (Å²) in [6.07, 6.45) is 7.35. The Hall–Kier alpha value is -3.23. The largest absolute Gasteiger partial charge is 0.497 e. The molecular formula is C26H31N5O3. The fourth-order valence-electron chi connectivity index (χ4n) is 5.04. The molecule has 8 heteroatoms. The van der Waals surface area contributed by atoms with Crippen LogP contribution in [-0.2, 0) is 11.3 Å². The van der Waals surface area contributed by atoms with Crippen molar-refractivity contribution < 1.29 is 14.3 Å². The molecular weight excluding hydrogens is 430 g/mol. The number of hydrogen-bond donors (Lipinski definition) is 3. The van der Waals surface area contributed by atoms with Crippen molar-refractivity contribution in [2.24, 2.45) is 11.7 Å². The number of nitrogens with two attached hydrogens (primary N) is 1. The van der Waals surface area contributed by atoms with Gasteiger partial charge in [-0.25, -0.2) is 4.98 Å². The number of nitrogens with zero attached hydrogens (tertiary/aromatic N) is 2. The van der Waals surface area contributed by atoms with Crippen molar-refractivity contribution in [3.8, 4) is 11.5 Å². The van der Waals surface area contributed by atoms with Gasteiger partial charge in [0.15, 0.2) is 18.2 Å². The molecule has 34 heavy (non-hydrogen) atoms. The number of fused-ring (bicyclic) bond motifs is 2. The number of carbonyl (C=O) groups is 1. The smallest absolute Gasteiger partial charge is 0.263 e. The zero-order valence-electron chi connectivity index (χ0n) is 19.4. The molecule has 0 radical (unpaired) electrons. The van der Waals surface area contributed by atoms with Crippen LogP contribution in [0.2, 0.25) is 0 Å². The minimum absolute atomic E-state index is 0.0239. The Morgan fingerprint density at radius 3 is 2.88 bits per heavy atom. The molecule has 5 rings (SSSR count). The van der Waals surface area contributed by atoms with E-state index in [4.69, 9.17) is 15.2 Å². The van der Waals surface area contributed by atoms with Crippen LogP contribution in [-0.4, -0.2) is 35.6 Å². The Labute approximate surface area is 199 Å². The van der Waals surface area contributed by atoms with Gasteiger partial charge in [0.1, 0.15) is 5.75 Å². The van der Waals surface area contributed by atoms with Gasteiger partial charge in [-0.05, 0) is 80.0 Å². The molecule has 1 amide bonds. The van der Waals surface area contributed by atoms with E-state index in [9.17, 15) is 4.79 Å². The van der Waals surface area contributed by atoms with Crippen LogP contribution in [0.1, 0.15) is 49.4 Å². The van der Waals surface area contributed by atoms with E-state index in [0.717, 1.165) is 60.0 Å². The molecule has 178 valence electrons. The van der Waals surface area contributed by atoms with Gasteiger partial charge in [-0.2, -0.15) is 0 Å². The molecule has 1 saturated carbocycles. The van der Waals surface area contributed by atoms with Gasteiger partial charge in [0, 0.05) is 30.2 Å². The van der Waals surface area contributed by atoms with Gasteiger partial charge in [0.05, 0.1) is 18.3 Å². The van der Waals surface area contributed by atoms with Gasteiger partial charge >= 0.3 is 0 Å². The third-order valence-corrected chi connectivity index (χ3v) is 6.92. The molecule has 1 fully saturated rings. The van der Waals surface area contributed by atoms with E-state index in [1.165, 1.54) is 0 Å². The van der Waals surface area contributed by atoms with Crippen molar-refractivity contribution in [1.29, 1.82) is 0 Å². The van der Waals surface area contributed by atoms with E-state index in [1.54, 1.807) is 7.11 Å². The maximum Gasteiger partial charge on any atom is 0.263 e. The molecule has 1 aliphatic heterocycles. The Balaban J connectivity index is 1.14. The molecule has 0 spiro atoms. The van der Waals surface area contributed by atoms with Gasteiger partial charge in [0.2, 0.25) is 0 Å². The van der Waals surface area contributed by atoms with E-state index in [-0.39, 0.29) is 18.6 Å². The van der Waals surface area contributed by atoms with Crippen LogP contribution < -0.4 is 25.8 Å². The Kier molecular flexibility index (Phi) is 6.60. The van der Waals surface area contributed by atoms with Crippen LogP contribution in [0.25, 0.3) is 10.9 Å². The molecule has 0 saturated heterocycles. The highest BCUT2D eigenvalue weighted by Gasteiger charge is 2.24. The van der Waals surface area contributed by atoms with E-state index in [1.807, 2.05) is 42.6 Å². The number of pyridine rings is 2. The first kappa shape index (κ1) is 22.6. The summed E-state index contributed by atoms with van der Waals surface area (Å²) in [4.78, 5) is 20.5. The molecule has 3 heterocycles. The topological polar surface area (TPSA) is 111 Å². The van der Waals surface area contributed by atoms with Crippen molar-refractivity contribution in [2.45, 2.75) is 50.7 Å². The van der Waals surface area contributed by atoms with Crippen LogP contribution in [0.4, 0.5) is 5.82 Å². The highest BCUT2D eigenvalue weighted by atomic mass is 16.5. The van der Waals surface area contributed by atoms with Crippen molar-refractivity contribution in [2.75, 3.05) is 19.0 Å². The lowest BCUT2D eigenvalue weighted by atomic mass is 9.81. The van der Waals surface area contributed by atoms with Gasteiger partial charge in [-0.15, -0.1) is 0 Å². The minimum atomic E-state index is -0.166. The molecule has 2 aliphatic rings. The predicted molar refractivity (Wildman–Crippen MR) is 131 cm³/mol. The van der Waals surface area contributed by atoms with Crippen LogP contribution >= 0.6 is 0 Å². The third kappa shape index (κ3) is 4.98. The number of amides is 1. The first-order chi connectivity index (χ1) is 16.6. The lowest BCUT2D eigenvalue weighted by molar-refractivity contribution is -0.118. The van der Waals surface area contributed by atoms with Crippen LogP contribution in [0.15, 0.2) is 42.6 Å². The number of nitrogens with one attached hydrogen (secondary N) is 2. The normalized spacial score (nSPS) is 20.8. The van der Waals surface area contributed by atoms with Gasteiger partial charge in [-0.1, -0.05) is 0 Å². The Morgan fingerprint density at radius 2 is 2.06 bits per heavy atom. The summed E-state index contributed by atoms with van der Waals surface area (Å²) in [6, 6.07) is 12.2. The molecule has 4 N–H and O–H groups in total. The lowest BCUT2D eigenvalue weighted by Gasteiger charge is -2.31. The monoisotopic (exact) mass is 461 g/mol. The second-order valence-electron chi connectivity index (χ2n) is 9.21. The highest BCUT2D eigenvalue weighted by molar-refractivity contribution is 5.94. The summed E-state index contributed by atoms with van der Waals surface area (Å²) in [5.74, 6) is 2.40. The molecule has 0 bridgehead atoms. The molecule has 3 aromatic rings. The average molecular weight is 462 g/mol. The second-order valence-corrected chi connectivity index (χ2v) is 9.21. The van der Waals surface area contributed by atoms with E-state index in [2.05, 4.69) is 20.6 Å². The zero-order chi connectivity index (χ0) is 23.5. The third-order valence-electron chi connectivity index (χ3n) is 6.92. The van der Waals surface area contributed by atoms with E-state index in [0.29, 0.717) is 30.1 Å². The van der Waals surface area contributed by atoms with Crippen molar-refractivity contribution in [3.05, 3.63) is 53.9 Å². The summed E-state index contributed by atoms with van der Waals surface area (Å²) in [6.45, 7) is 0.716. The number of rotatable bonds is 7. The molecule has 8 nitrogen and oxygen atoms in total. The average Bonchev–Trinajstić information content (AvgIpc) is 2.87. The highest BCUT2D eigenvalue weighted by Crippen LogP contribution is 2.34.